The topological polar surface area (TPSA) is 200 Å². The molecule has 0 fully saturated rings. The standard InChI is InChI=1S/2C28H25NO2.2C4H11N.2C4H10O/c2*30-27(31)26(21-22-13-5-1-6-14-22)29-28(23-15-7-2-8-16-23,24-17-9-3-10-18-24)25-19-11-4-12-20-25;2*1-4(2,3)5;2*1-3-4(2)5/h2*1-20,26,29H,21H2,(H,30,31);2*5H2,1-3H3;2*4-5H,3H2,1-2H3/t2*26-;;;2*4-/m00..10/s1. The van der Waals surface area contributed by atoms with Crippen LogP contribution in [0.15, 0.2) is 243 Å². The van der Waals surface area contributed by atoms with Crippen LogP contribution >= 0.6 is 0 Å². The Bertz CT molecular complexity index is 2510. The minimum Gasteiger partial charge on any atom is -0.548 e. The Morgan fingerprint density at radius 3 is 0.659 bits per heavy atom. The van der Waals surface area contributed by atoms with E-state index in [1.807, 2.05) is 257 Å². The second-order valence-corrected chi connectivity index (χ2v) is 22.7. The minimum absolute atomic E-state index is 0.116. The summed E-state index contributed by atoms with van der Waals surface area (Å²) < 4.78 is 0. The summed E-state index contributed by atoms with van der Waals surface area (Å²) in [6.07, 6.45) is 2.12. The number of rotatable bonds is 18. The molecule has 436 valence electrons. The third-order valence-corrected chi connectivity index (χ3v) is 12.3. The number of benzene rings is 8. The second kappa shape index (κ2) is 35.3. The highest BCUT2D eigenvalue weighted by Crippen LogP contribution is 2.39. The van der Waals surface area contributed by atoms with Gasteiger partial charge in [-0.25, -0.2) is 0 Å². The Morgan fingerprint density at radius 1 is 0.378 bits per heavy atom. The van der Waals surface area contributed by atoms with E-state index in [-0.39, 0.29) is 23.3 Å². The van der Waals surface area contributed by atoms with Crippen molar-refractivity contribution in [3.05, 3.63) is 287 Å². The van der Waals surface area contributed by atoms with E-state index in [4.69, 9.17) is 10.2 Å². The Labute approximate surface area is 490 Å². The first-order valence-corrected chi connectivity index (χ1v) is 28.4. The Kier molecular flexibility index (Phi) is 29.6. The van der Waals surface area contributed by atoms with Crippen LogP contribution in [0.25, 0.3) is 0 Å². The van der Waals surface area contributed by atoms with Crippen LogP contribution < -0.4 is 32.3 Å². The fraction of sp³-hybridized carbons (Fsp3) is 0.306. The zero-order valence-electron chi connectivity index (χ0n) is 50.2. The number of aliphatic hydroxyl groups excluding tert-OH is 2. The Balaban J connectivity index is 0.000000324. The lowest BCUT2D eigenvalue weighted by atomic mass is 9.76. The summed E-state index contributed by atoms with van der Waals surface area (Å²) in [5, 5.41) is 48.3. The molecule has 82 heavy (non-hydrogen) atoms. The molecule has 0 unspecified atom stereocenters. The molecule has 8 rings (SSSR count). The molecule has 10 nitrogen and oxygen atoms in total. The largest absolute Gasteiger partial charge is 0.548 e. The smallest absolute Gasteiger partial charge is 0.0953 e. The lowest BCUT2D eigenvalue weighted by molar-refractivity contribution is -0.459. The number of carboxylic acid groups (broad SMARTS) is 2. The van der Waals surface area contributed by atoms with Crippen LogP contribution in [0.3, 0.4) is 0 Å². The highest BCUT2D eigenvalue weighted by Gasteiger charge is 2.40. The zero-order chi connectivity index (χ0) is 60.6. The zero-order valence-corrected chi connectivity index (χ0v) is 50.2. The molecule has 0 aromatic heterocycles. The maximum Gasteiger partial charge on any atom is 0.0953 e. The quantitative estimate of drug-likeness (QED) is 0.0457. The Morgan fingerprint density at radius 2 is 0.524 bits per heavy atom. The first-order valence-electron chi connectivity index (χ1n) is 28.4. The van der Waals surface area contributed by atoms with E-state index in [2.05, 4.69) is 63.6 Å². The van der Waals surface area contributed by atoms with Crippen molar-refractivity contribution >= 4 is 11.9 Å². The maximum absolute atomic E-state index is 12.3. The number of quaternary nitrogens is 2. The molecule has 0 bridgehead atoms. The molecule has 10 N–H and O–H groups in total. The van der Waals surface area contributed by atoms with Gasteiger partial charge in [0.15, 0.2) is 0 Å². The Hall–Kier alpha value is -7.54. The fourth-order valence-electron chi connectivity index (χ4n) is 8.24. The van der Waals surface area contributed by atoms with E-state index in [1.165, 1.54) is 0 Å². The fourth-order valence-corrected chi connectivity index (χ4v) is 8.24. The minimum atomic E-state index is -1.13. The van der Waals surface area contributed by atoms with Gasteiger partial charge in [0.25, 0.3) is 0 Å². The molecule has 0 spiro atoms. The summed E-state index contributed by atoms with van der Waals surface area (Å²) in [4.78, 5) is 24.6. The number of aliphatic hydroxyl groups is 2. The van der Waals surface area contributed by atoms with Gasteiger partial charge in [0.1, 0.15) is 0 Å². The van der Waals surface area contributed by atoms with E-state index in [0.29, 0.717) is 12.8 Å². The third-order valence-electron chi connectivity index (χ3n) is 12.3. The molecule has 4 atom stereocenters. The van der Waals surface area contributed by atoms with Crippen LogP contribution in [-0.2, 0) is 33.5 Å². The number of carboxylic acids is 2. The van der Waals surface area contributed by atoms with Crippen molar-refractivity contribution in [2.75, 3.05) is 0 Å². The van der Waals surface area contributed by atoms with E-state index in [1.54, 1.807) is 13.8 Å². The first kappa shape index (κ1) is 68.7. The van der Waals surface area contributed by atoms with Crippen molar-refractivity contribution in [1.82, 2.24) is 10.6 Å². The molecule has 8 aromatic carbocycles. The predicted octanol–water partition coefficient (Wildman–Crippen LogP) is 9.47. The van der Waals surface area contributed by atoms with Crippen molar-refractivity contribution in [3.8, 4) is 0 Å². The number of carbonyl (C=O) groups is 2. The van der Waals surface area contributed by atoms with Crippen molar-refractivity contribution in [2.24, 2.45) is 0 Å². The summed E-state index contributed by atoms with van der Waals surface area (Å²) in [5.41, 5.74) is 14.0. The summed E-state index contributed by atoms with van der Waals surface area (Å²) >= 11 is 0. The van der Waals surface area contributed by atoms with Crippen LogP contribution in [0.5, 0.6) is 0 Å². The molecule has 8 aromatic rings. The summed E-state index contributed by atoms with van der Waals surface area (Å²) in [6, 6.07) is 77.3. The predicted molar refractivity (Wildman–Crippen MR) is 332 cm³/mol. The molecule has 0 heterocycles. The van der Waals surface area contributed by atoms with Gasteiger partial charge in [-0.3, -0.25) is 10.6 Å². The van der Waals surface area contributed by atoms with Gasteiger partial charge in [-0.2, -0.15) is 0 Å². The average Bonchev–Trinajstić information content (AvgIpc) is 3.66. The molecule has 10 heteroatoms. The van der Waals surface area contributed by atoms with Gasteiger partial charge in [-0.15, -0.1) is 0 Å². The van der Waals surface area contributed by atoms with Gasteiger partial charge in [0.2, 0.25) is 0 Å². The van der Waals surface area contributed by atoms with E-state index in [9.17, 15) is 19.8 Å². The number of hydrogen-bond acceptors (Lipinski definition) is 8. The van der Waals surface area contributed by atoms with Gasteiger partial charge < -0.3 is 41.5 Å². The molecule has 0 aliphatic heterocycles. The van der Waals surface area contributed by atoms with Gasteiger partial charge in [-0.05, 0) is 126 Å². The van der Waals surface area contributed by atoms with Crippen LogP contribution in [0.1, 0.15) is 127 Å². The van der Waals surface area contributed by atoms with Crippen molar-refractivity contribution in [2.45, 2.75) is 141 Å². The number of hydrogen-bond donors (Lipinski definition) is 6. The van der Waals surface area contributed by atoms with Gasteiger partial charge in [0.05, 0.1) is 58.4 Å². The van der Waals surface area contributed by atoms with Gasteiger partial charge in [-0.1, -0.05) is 257 Å². The summed E-state index contributed by atoms with van der Waals surface area (Å²) in [5.74, 6) is -2.26. The lowest BCUT2D eigenvalue weighted by Crippen LogP contribution is -2.67. The molecule has 0 saturated carbocycles. The van der Waals surface area contributed by atoms with Crippen molar-refractivity contribution in [3.63, 3.8) is 0 Å². The van der Waals surface area contributed by atoms with Gasteiger partial charge in [0, 0.05) is 0 Å². The highest BCUT2D eigenvalue weighted by molar-refractivity contribution is 5.73. The molecule has 0 saturated heterocycles. The number of aliphatic carboxylic acids is 2. The normalized spacial score (nSPS) is 12.6. The molecular weight excluding hydrogens is 1020 g/mol. The maximum atomic E-state index is 12.3. The van der Waals surface area contributed by atoms with Crippen LogP contribution in [0.2, 0.25) is 0 Å². The molecule has 0 amide bonds. The molecule has 0 aliphatic rings. The molecular formula is C72H92N4O6. The monoisotopic (exact) mass is 1110 g/mol. The third kappa shape index (κ3) is 24.7. The SMILES string of the molecule is CC(C)(C)[NH3+].CC(C)(C)[NH3+].CC[C@@H](C)O.CC[C@H](C)O.O=C([O-])[C@H](Cc1ccccc1)NC(c1ccccc1)(c1ccccc1)c1ccccc1.O=C([O-])[C@H](Cc1ccccc1)NC(c1ccccc1)(c1ccccc1)c1ccccc1. The van der Waals surface area contributed by atoms with E-state index >= 15 is 0 Å². The van der Waals surface area contributed by atoms with Gasteiger partial charge >= 0.3 is 0 Å². The van der Waals surface area contributed by atoms with Crippen molar-refractivity contribution in [1.29, 1.82) is 0 Å². The van der Waals surface area contributed by atoms with Crippen molar-refractivity contribution < 1.29 is 41.5 Å². The first-order chi connectivity index (χ1) is 38.9. The lowest BCUT2D eigenvalue weighted by Gasteiger charge is -2.40. The second-order valence-electron chi connectivity index (χ2n) is 22.7. The van der Waals surface area contributed by atoms with E-state index in [0.717, 1.165) is 57.3 Å². The van der Waals surface area contributed by atoms with E-state index < -0.39 is 35.1 Å². The van der Waals surface area contributed by atoms with Crippen LogP contribution in [-0.4, -0.2) is 57.5 Å². The number of nitrogens with one attached hydrogen (secondary N) is 2. The average molecular weight is 1110 g/mol. The molecule has 0 aliphatic carbocycles. The number of carbonyl (C=O) groups excluding carboxylic acids is 2. The molecule has 0 radical (unpaired) electrons. The summed E-state index contributed by atoms with van der Waals surface area (Å²) in [7, 11) is 0. The summed E-state index contributed by atoms with van der Waals surface area (Å²) in [6.45, 7) is 19.9. The highest BCUT2D eigenvalue weighted by atomic mass is 16.4. The van der Waals surface area contributed by atoms with Crippen LogP contribution in [0.4, 0.5) is 0 Å². The van der Waals surface area contributed by atoms with Crippen LogP contribution in [0, 0.1) is 0 Å².